The van der Waals surface area contributed by atoms with Crippen LogP contribution in [0.1, 0.15) is 88.9 Å². The largest absolute Gasteiger partial charge is 0.481 e. The maximum absolute atomic E-state index is 14.3. The van der Waals surface area contributed by atoms with Crippen LogP contribution in [0.4, 0.5) is 9.18 Å². The lowest BCUT2D eigenvalue weighted by molar-refractivity contribution is -0.142. The summed E-state index contributed by atoms with van der Waals surface area (Å²) in [5.41, 5.74) is 3.03. The number of carboxylic acid groups (broad SMARTS) is 1. The molecule has 1 aliphatic heterocycles. The molecule has 3 amide bonds. The van der Waals surface area contributed by atoms with E-state index in [0.717, 1.165) is 37.7 Å². The van der Waals surface area contributed by atoms with Gasteiger partial charge in [-0.1, -0.05) is 81.8 Å². The van der Waals surface area contributed by atoms with Crippen LogP contribution in [0.3, 0.4) is 0 Å². The molecule has 3 atom stereocenters. The van der Waals surface area contributed by atoms with E-state index in [0.29, 0.717) is 23.4 Å². The summed E-state index contributed by atoms with van der Waals surface area (Å²) in [4.78, 5) is 50.9. The van der Waals surface area contributed by atoms with Crippen LogP contribution >= 0.6 is 11.6 Å². The molecule has 3 N–H and O–H groups in total. The van der Waals surface area contributed by atoms with E-state index in [-0.39, 0.29) is 31.2 Å². The lowest BCUT2D eigenvalue weighted by Crippen LogP contribution is -2.54. The molecule has 4 rings (SSSR count). The van der Waals surface area contributed by atoms with E-state index in [4.69, 9.17) is 21.4 Å². The van der Waals surface area contributed by atoms with Crippen molar-refractivity contribution in [3.05, 3.63) is 70.5 Å². The van der Waals surface area contributed by atoms with Gasteiger partial charge in [0.2, 0.25) is 5.91 Å². The number of benzene rings is 2. The van der Waals surface area contributed by atoms with Gasteiger partial charge in [0.05, 0.1) is 0 Å². The van der Waals surface area contributed by atoms with Crippen LogP contribution in [0, 0.1) is 17.7 Å². The molecule has 2 aromatic carbocycles. The quantitative estimate of drug-likeness (QED) is 0.253. The molecule has 0 unspecified atom stereocenters. The lowest BCUT2D eigenvalue weighted by atomic mass is 9.76. The van der Waals surface area contributed by atoms with Gasteiger partial charge in [-0.3, -0.25) is 24.8 Å². The van der Waals surface area contributed by atoms with Gasteiger partial charge in [0.25, 0.3) is 5.91 Å². The minimum Gasteiger partial charge on any atom is -0.481 e. The van der Waals surface area contributed by atoms with Crippen LogP contribution in [0.15, 0.2) is 48.5 Å². The molecule has 2 aromatic rings. The number of nitrogens with zero attached hydrogens (tertiary/aromatic N) is 1. The number of hydrogen-bond donors (Lipinski definition) is 3. The standard InChI is InChI=1S/C33H41ClFN3O6/c1-33(2,24-11-7-12-25(34)20-24)29(23-10-6-13-26(35)19-23)44-32(43)36-27(18-21-8-4-3-5-9-21)30(41)37-38-17-16-22(31(38)42)14-15-28(39)40/h6-7,10-13,19-22,27,29H,3-5,8-9,14-18H2,1-2H3,(H,36,43)(H,37,41)(H,39,40)/t22-,27-,29+/m0/s1. The van der Waals surface area contributed by atoms with Gasteiger partial charge in [-0.2, -0.15) is 0 Å². The Balaban J connectivity index is 1.52. The average molecular weight is 630 g/mol. The van der Waals surface area contributed by atoms with E-state index in [9.17, 15) is 23.6 Å². The predicted molar refractivity (Wildman–Crippen MR) is 163 cm³/mol. The fraction of sp³-hybridized carbons (Fsp3) is 0.515. The highest BCUT2D eigenvalue weighted by Crippen LogP contribution is 2.40. The minimum atomic E-state index is -0.987. The second kappa shape index (κ2) is 14.9. The number of aliphatic carboxylic acids is 1. The van der Waals surface area contributed by atoms with Crippen LogP contribution in [0.2, 0.25) is 5.02 Å². The first-order valence-electron chi connectivity index (χ1n) is 15.3. The third-order valence-corrected chi connectivity index (χ3v) is 9.01. The topological polar surface area (TPSA) is 125 Å². The highest BCUT2D eigenvalue weighted by atomic mass is 35.5. The van der Waals surface area contributed by atoms with Gasteiger partial charge in [-0.25, -0.2) is 9.18 Å². The maximum Gasteiger partial charge on any atom is 0.408 e. The summed E-state index contributed by atoms with van der Waals surface area (Å²) in [6.07, 6.45) is 4.12. The summed E-state index contributed by atoms with van der Waals surface area (Å²) < 4.78 is 20.4. The van der Waals surface area contributed by atoms with E-state index >= 15 is 0 Å². The number of nitrogens with one attached hydrogen (secondary N) is 2. The summed E-state index contributed by atoms with van der Waals surface area (Å²) in [6, 6.07) is 12.0. The van der Waals surface area contributed by atoms with Gasteiger partial charge in [0.1, 0.15) is 18.0 Å². The maximum atomic E-state index is 14.3. The normalized spacial score (nSPS) is 18.9. The van der Waals surface area contributed by atoms with E-state index in [1.165, 1.54) is 17.1 Å². The molecule has 44 heavy (non-hydrogen) atoms. The molecular weight excluding hydrogens is 589 g/mol. The van der Waals surface area contributed by atoms with Crippen LogP contribution < -0.4 is 10.7 Å². The van der Waals surface area contributed by atoms with Crippen molar-refractivity contribution in [2.24, 2.45) is 11.8 Å². The van der Waals surface area contributed by atoms with Crippen molar-refractivity contribution in [1.82, 2.24) is 15.8 Å². The van der Waals surface area contributed by atoms with Crippen molar-refractivity contribution in [2.45, 2.75) is 89.2 Å². The molecule has 11 heteroatoms. The van der Waals surface area contributed by atoms with E-state index in [1.807, 2.05) is 19.9 Å². The van der Waals surface area contributed by atoms with Gasteiger partial charge in [0.15, 0.2) is 0 Å². The molecule has 9 nitrogen and oxygen atoms in total. The molecule has 0 radical (unpaired) electrons. The Morgan fingerprint density at radius 3 is 2.50 bits per heavy atom. The Morgan fingerprint density at radius 1 is 1.09 bits per heavy atom. The van der Waals surface area contributed by atoms with Crippen LogP contribution in [-0.4, -0.2) is 46.6 Å². The van der Waals surface area contributed by atoms with Gasteiger partial charge in [0, 0.05) is 29.3 Å². The number of rotatable bonds is 12. The number of carbonyl (C=O) groups is 4. The molecular formula is C33H41ClFN3O6. The molecule has 2 fully saturated rings. The fourth-order valence-electron chi connectivity index (χ4n) is 6.24. The Bertz CT molecular complexity index is 1350. The Kier molecular flexibility index (Phi) is 11.2. The van der Waals surface area contributed by atoms with Gasteiger partial charge in [-0.15, -0.1) is 0 Å². The fourth-order valence-corrected chi connectivity index (χ4v) is 6.43. The Labute approximate surface area is 262 Å². The Morgan fingerprint density at radius 2 is 1.82 bits per heavy atom. The van der Waals surface area contributed by atoms with E-state index in [2.05, 4.69) is 10.7 Å². The summed E-state index contributed by atoms with van der Waals surface area (Å²) in [5, 5.41) is 13.5. The average Bonchev–Trinajstić information content (AvgIpc) is 3.33. The molecule has 0 spiro atoms. The van der Waals surface area contributed by atoms with Crippen molar-refractivity contribution in [1.29, 1.82) is 0 Å². The first kappa shape index (κ1) is 33.2. The van der Waals surface area contributed by atoms with Crippen LogP contribution in [0.25, 0.3) is 0 Å². The second-order valence-corrected chi connectivity index (χ2v) is 12.8. The number of carboxylic acids is 1. The predicted octanol–water partition coefficient (Wildman–Crippen LogP) is 6.31. The van der Waals surface area contributed by atoms with Crippen LogP contribution in [-0.2, 0) is 24.5 Å². The smallest absolute Gasteiger partial charge is 0.408 e. The number of hydrogen-bond acceptors (Lipinski definition) is 5. The second-order valence-electron chi connectivity index (χ2n) is 12.4. The summed E-state index contributed by atoms with van der Waals surface area (Å²) >= 11 is 6.27. The van der Waals surface area contributed by atoms with Crippen molar-refractivity contribution in [3.8, 4) is 0 Å². The number of alkyl carbamates (subject to hydrolysis) is 1. The number of carbonyl (C=O) groups excluding carboxylic acids is 3. The SMILES string of the molecule is CC(C)(c1cccc(Cl)c1)[C@H](OC(=O)N[C@@H](CC1CCCCC1)C(=O)NN1CC[C@H](CCC(=O)O)C1=O)c1cccc(F)c1. The number of ether oxygens (including phenoxy) is 1. The summed E-state index contributed by atoms with van der Waals surface area (Å²) in [6.45, 7) is 3.99. The van der Waals surface area contributed by atoms with E-state index < -0.39 is 47.3 Å². The third-order valence-electron chi connectivity index (χ3n) is 8.77. The minimum absolute atomic E-state index is 0.131. The van der Waals surface area contributed by atoms with Crippen LogP contribution in [0.5, 0.6) is 0 Å². The lowest BCUT2D eigenvalue weighted by Gasteiger charge is -2.35. The zero-order chi connectivity index (χ0) is 31.9. The van der Waals surface area contributed by atoms with Crippen molar-refractivity contribution < 1.29 is 33.4 Å². The van der Waals surface area contributed by atoms with Crippen molar-refractivity contribution in [2.75, 3.05) is 6.54 Å². The van der Waals surface area contributed by atoms with Gasteiger partial charge in [-0.05, 0) is 60.6 Å². The third kappa shape index (κ3) is 8.71. The van der Waals surface area contributed by atoms with Gasteiger partial charge < -0.3 is 15.2 Å². The molecule has 0 aromatic heterocycles. The first-order valence-corrected chi connectivity index (χ1v) is 15.6. The molecule has 2 aliphatic rings. The first-order chi connectivity index (χ1) is 20.9. The summed E-state index contributed by atoms with van der Waals surface area (Å²) in [7, 11) is 0. The van der Waals surface area contributed by atoms with Crippen molar-refractivity contribution >= 4 is 35.5 Å². The number of hydrazine groups is 1. The molecule has 1 saturated heterocycles. The van der Waals surface area contributed by atoms with Gasteiger partial charge >= 0.3 is 12.1 Å². The highest BCUT2D eigenvalue weighted by Gasteiger charge is 2.38. The molecule has 1 saturated carbocycles. The molecule has 1 heterocycles. The highest BCUT2D eigenvalue weighted by molar-refractivity contribution is 6.30. The molecule has 0 bridgehead atoms. The molecule has 1 aliphatic carbocycles. The zero-order valence-electron chi connectivity index (χ0n) is 25.2. The number of halogens is 2. The molecule has 238 valence electrons. The number of amides is 3. The van der Waals surface area contributed by atoms with E-state index in [1.54, 1.807) is 30.3 Å². The van der Waals surface area contributed by atoms with Crippen molar-refractivity contribution in [3.63, 3.8) is 0 Å². The Hall–Kier alpha value is -3.66. The zero-order valence-corrected chi connectivity index (χ0v) is 25.9. The summed E-state index contributed by atoms with van der Waals surface area (Å²) in [5.74, 6) is -2.62. The monoisotopic (exact) mass is 629 g/mol.